The second-order valence-electron chi connectivity index (χ2n) is 4.56. The number of thioether (sulfide) groups is 1. The molecule has 2 saturated heterocycles. The summed E-state index contributed by atoms with van der Waals surface area (Å²) in [5.74, 6) is 2.73. The SMILES string of the molecule is CN1CCSCC1C(O)C1CCOCC1. The number of aliphatic hydroxyl groups excluding tert-OH is 1. The van der Waals surface area contributed by atoms with Gasteiger partial charge in [-0.3, -0.25) is 4.90 Å². The van der Waals surface area contributed by atoms with E-state index in [0.29, 0.717) is 12.0 Å². The van der Waals surface area contributed by atoms with Crippen molar-refractivity contribution in [3.8, 4) is 0 Å². The van der Waals surface area contributed by atoms with E-state index in [1.165, 1.54) is 5.75 Å². The molecule has 0 radical (unpaired) electrons. The van der Waals surface area contributed by atoms with Crippen molar-refractivity contribution in [3.63, 3.8) is 0 Å². The molecular formula is C11H21NO2S. The number of aliphatic hydroxyl groups is 1. The molecule has 2 unspecified atom stereocenters. The van der Waals surface area contributed by atoms with Crippen LogP contribution in [0.4, 0.5) is 0 Å². The standard InChI is InChI=1S/C11H21NO2S/c1-12-4-7-15-8-10(12)11(13)9-2-5-14-6-3-9/h9-11,13H,2-8H2,1H3. The molecule has 2 fully saturated rings. The Kier molecular flexibility index (Phi) is 4.31. The summed E-state index contributed by atoms with van der Waals surface area (Å²) in [5.41, 5.74) is 0. The van der Waals surface area contributed by atoms with Crippen molar-refractivity contribution in [2.24, 2.45) is 5.92 Å². The van der Waals surface area contributed by atoms with Gasteiger partial charge >= 0.3 is 0 Å². The summed E-state index contributed by atoms with van der Waals surface area (Å²) < 4.78 is 5.33. The lowest BCUT2D eigenvalue weighted by Crippen LogP contribution is -2.50. The summed E-state index contributed by atoms with van der Waals surface area (Å²) >= 11 is 1.97. The van der Waals surface area contributed by atoms with Crippen LogP contribution in [0.2, 0.25) is 0 Å². The Morgan fingerprint density at radius 3 is 2.80 bits per heavy atom. The average Bonchev–Trinajstić information content (AvgIpc) is 2.30. The molecule has 0 amide bonds. The molecule has 2 atom stereocenters. The summed E-state index contributed by atoms with van der Waals surface area (Å²) in [6.07, 6.45) is 1.89. The highest BCUT2D eigenvalue weighted by molar-refractivity contribution is 7.99. The number of hydrogen-bond donors (Lipinski definition) is 1. The first-order chi connectivity index (χ1) is 7.29. The van der Waals surface area contributed by atoms with Crippen molar-refractivity contribution in [1.29, 1.82) is 0 Å². The number of ether oxygens (including phenoxy) is 1. The molecular weight excluding hydrogens is 210 g/mol. The van der Waals surface area contributed by atoms with Gasteiger partial charge in [0, 0.05) is 37.3 Å². The van der Waals surface area contributed by atoms with Crippen molar-refractivity contribution in [2.45, 2.75) is 25.0 Å². The number of hydrogen-bond acceptors (Lipinski definition) is 4. The lowest BCUT2D eigenvalue weighted by molar-refractivity contribution is -0.0243. The highest BCUT2D eigenvalue weighted by Gasteiger charge is 2.32. The van der Waals surface area contributed by atoms with Crippen LogP contribution in [-0.2, 0) is 4.74 Å². The third-order valence-electron chi connectivity index (χ3n) is 3.59. The van der Waals surface area contributed by atoms with Crippen molar-refractivity contribution >= 4 is 11.8 Å². The van der Waals surface area contributed by atoms with E-state index in [-0.39, 0.29) is 6.10 Å². The molecule has 0 aromatic carbocycles. The van der Waals surface area contributed by atoms with Gasteiger partial charge in [0.05, 0.1) is 6.10 Å². The van der Waals surface area contributed by atoms with E-state index in [4.69, 9.17) is 4.74 Å². The summed E-state index contributed by atoms with van der Waals surface area (Å²) in [6.45, 7) is 2.76. The maximum atomic E-state index is 10.4. The van der Waals surface area contributed by atoms with Gasteiger partial charge in [-0.25, -0.2) is 0 Å². The van der Waals surface area contributed by atoms with Gasteiger partial charge < -0.3 is 9.84 Å². The monoisotopic (exact) mass is 231 g/mol. The van der Waals surface area contributed by atoms with Crippen LogP contribution >= 0.6 is 11.8 Å². The summed E-state index contributed by atoms with van der Waals surface area (Å²) in [6, 6.07) is 0.354. The molecule has 0 saturated carbocycles. The minimum absolute atomic E-state index is 0.160. The first-order valence-corrected chi connectivity index (χ1v) is 6.98. The summed E-state index contributed by atoms with van der Waals surface area (Å²) in [7, 11) is 2.13. The molecule has 88 valence electrons. The fourth-order valence-corrected chi connectivity index (χ4v) is 3.71. The minimum atomic E-state index is -0.160. The molecule has 2 rings (SSSR count). The average molecular weight is 231 g/mol. The second kappa shape index (κ2) is 5.53. The fraction of sp³-hybridized carbons (Fsp3) is 1.00. The Balaban J connectivity index is 1.89. The third-order valence-corrected chi connectivity index (χ3v) is 4.63. The molecule has 3 nitrogen and oxygen atoms in total. The van der Waals surface area contributed by atoms with E-state index >= 15 is 0 Å². The van der Waals surface area contributed by atoms with E-state index in [2.05, 4.69) is 11.9 Å². The van der Waals surface area contributed by atoms with E-state index in [1.807, 2.05) is 11.8 Å². The van der Waals surface area contributed by atoms with Gasteiger partial charge in [-0.1, -0.05) is 0 Å². The zero-order valence-corrected chi connectivity index (χ0v) is 10.2. The van der Waals surface area contributed by atoms with Crippen LogP contribution < -0.4 is 0 Å². The first kappa shape index (κ1) is 11.7. The molecule has 2 aliphatic heterocycles. The maximum Gasteiger partial charge on any atom is 0.0733 e. The Labute approximate surface area is 96.2 Å². The van der Waals surface area contributed by atoms with Crippen LogP contribution in [-0.4, -0.2) is 60.5 Å². The maximum absolute atomic E-state index is 10.4. The van der Waals surface area contributed by atoms with Crippen LogP contribution in [0.5, 0.6) is 0 Å². The van der Waals surface area contributed by atoms with Gasteiger partial charge in [-0.15, -0.1) is 0 Å². The smallest absolute Gasteiger partial charge is 0.0733 e. The number of likely N-dealkylation sites (N-methyl/N-ethyl adjacent to an activating group) is 1. The van der Waals surface area contributed by atoms with Crippen LogP contribution in [0, 0.1) is 5.92 Å². The molecule has 2 heterocycles. The first-order valence-electron chi connectivity index (χ1n) is 5.83. The Bertz CT molecular complexity index is 197. The summed E-state index contributed by atoms with van der Waals surface area (Å²) in [5, 5.41) is 10.4. The predicted molar refractivity (Wildman–Crippen MR) is 63.3 cm³/mol. The van der Waals surface area contributed by atoms with Crippen LogP contribution in [0.25, 0.3) is 0 Å². The lowest BCUT2D eigenvalue weighted by atomic mass is 9.89. The highest BCUT2D eigenvalue weighted by Crippen LogP contribution is 2.26. The van der Waals surface area contributed by atoms with Gasteiger partial charge in [0.25, 0.3) is 0 Å². The van der Waals surface area contributed by atoms with Crippen molar-refractivity contribution in [3.05, 3.63) is 0 Å². The normalized spacial score (nSPS) is 32.8. The predicted octanol–water partition coefficient (Wildman–Crippen LogP) is 0.821. The van der Waals surface area contributed by atoms with Crippen molar-refractivity contribution in [2.75, 3.05) is 38.3 Å². The lowest BCUT2D eigenvalue weighted by Gasteiger charge is -2.39. The molecule has 0 bridgehead atoms. The van der Waals surface area contributed by atoms with Gasteiger partial charge in [-0.2, -0.15) is 11.8 Å². The number of rotatable bonds is 2. The van der Waals surface area contributed by atoms with Gasteiger partial charge in [0.1, 0.15) is 0 Å². The Hall–Kier alpha value is 0.230. The van der Waals surface area contributed by atoms with Crippen molar-refractivity contribution < 1.29 is 9.84 Å². The summed E-state index contributed by atoms with van der Waals surface area (Å²) in [4.78, 5) is 2.32. The molecule has 0 aromatic rings. The van der Waals surface area contributed by atoms with E-state index < -0.39 is 0 Å². The second-order valence-corrected chi connectivity index (χ2v) is 5.71. The van der Waals surface area contributed by atoms with Gasteiger partial charge in [0.15, 0.2) is 0 Å². The molecule has 4 heteroatoms. The Morgan fingerprint density at radius 2 is 2.13 bits per heavy atom. The Morgan fingerprint density at radius 1 is 1.40 bits per heavy atom. The van der Waals surface area contributed by atoms with Crippen LogP contribution in [0.3, 0.4) is 0 Å². The van der Waals surface area contributed by atoms with Gasteiger partial charge in [0.2, 0.25) is 0 Å². The fourth-order valence-electron chi connectivity index (χ4n) is 2.44. The van der Waals surface area contributed by atoms with E-state index in [9.17, 15) is 5.11 Å². The van der Waals surface area contributed by atoms with Crippen LogP contribution in [0.1, 0.15) is 12.8 Å². The van der Waals surface area contributed by atoms with Crippen molar-refractivity contribution in [1.82, 2.24) is 4.90 Å². The third kappa shape index (κ3) is 2.87. The molecule has 0 aromatic heterocycles. The number of nitrogens with zero attached hydrogens (tertiary/aromatic N) is 1. The molecule has 1 N–H and O–H groups in total. The molecule has 2 aliphatic rings. The minimum Gasteiger partial charge on any atom is -0.391 e. The highest BCUT2D eigenvalue weighted by atomic mass is 32.2. The largest absolute Gasteiger partial charge is 0.391 e. The van der Waals surface area contributed by atoms with Gasteiger partial charge in [-0.05, 0) is 25.8 Å². The van der Waals surface area contributed by atoms with Crippen LogP contribution in [0.15, 0.2) is 0 Å². The molecule has 0 aliphatic carbocycles. The van der Waals surface area contributed by atoms with E-state index in [1.54, 1.807) is 0 Å². The zero-order valence-electron chi connectivity index (χ0n) is 9.39. The molecule has 0 spiro atoms. The zero-order chi connectivity index (χ0) is 10.7. The van der Waals surface area contributed by atoms with E-state index in [0.717, 1.165) is 38.4 Å². The molecule has 15 heavy (non-hydrogen) atoms. The quantitative estimate of drug-likeness (QED) is 0.763. The topological polar surface area (TPSA) is 32.7 Å².